The lowest BCUT2D eigenvalue weighted by atomic mass is 10.1. The highest BCUT2D eigenvalue weighted by molar-refractivity contribution is 5.70. The standard InChI is InChI=1S/C15H12F2O/c1-18-14-7-3-11(4-8-14)2-5-12-10-13(16)6-9-15(12)17/h2-10H,1H3/b5-2+. The Labute approximate surface area is 104 Å². The third-order valence-corrected chi connectivity index (χ3v) is 2.53. The first-order valence-corrected chi connectivity index (χ1v) is 5.46. The number of benzene rings is 2. The average Bonchev–Trinajstić information content (AvgIpc) is 2.40. The summed E-state index contributed by atoms with van der Waals surface area (Å²) < 4.78 is 31.3. The third-order valence-electron chi connectivity index (χ3n) is 2.53. The van der Waals surface area contributed by atoms with Gasteiger partial charge in [0.25, 0.3) is 0 Å². The maximum atomic E-state index is 13.4. The van der Waals surface area contributed by atoms with Gasteiger partial charge in [0.05, 0.1) is 7.11 Å². The molecule has 0 fully saturated rings. The molecule has 0 N–H and O–H groups in total. The topological polar surface area (TPSA) is 9.23 Å². The monoisotopic (exact) mass is 246 g/mol. The van der Waals surface area contributed by atoms with Crippen LogP contribution in [0.2, 0.25) is 0 Å². The van der Waals surface area contributed by atoms with Crippen LogP contribution in [0.25, 0.3) is 12.2 Å². The van der Waals surface area contributed by atoms with Crippen molar-refractivity contribution in [3.63, 3.8) is 0 Å². The summed E-state index contributed by atoms with van der Waals surface area (Å²) >= 11 is 0. The fourth-order valence-electron chi connectivity index (χ4n) is 1.54. The predicted molar refractivity (Wildman–Crippen MR) is 68.3 cm³/mol. The van der Waals surface area contributed by atoms with Crippen LogP contribution in [-0.2, 0) is 0 Å². The summed E-state index contributed by atoms with van der Waals surface area (Å²) in [6.07, 6.45) is 3.26. The van der Waals surface area contributed by atoms with Crippen LogP contribution in [0.15, 0.2) is 42.5 Å². The minimum absolute atomic E-state index is 0.228. The number of hydrogen-bond donors (Lipinski definition) is 0. The predicted octanol–water partition coefficient (Wildman–Crippen LogP) is 4.14. The molecule has 2 aromatic rings. The maximum Gasteiger partial charge on any atom is 0.130 e. The Balaban J connectivity index is 2.21. The molecule has 18 heavy (non-hydrogen) atoms. The van der Waals surface area contributed by atoms with Gasteiger partial charge >= 0.3 is 0 Å². The van der Waals surface area contributed by atoms with E-state index in [1.807, 2.05) is 24.3 Å². The van der Waals surface area contributed by atoms with Crippen LogP contribution >= 0.6 is 0 Å². The molecule has 2 rings (SSSR count). The van der Waals surface area contributed by atoms with Crippen molar-refractivity contribution in [1.29, 1.82) is 0 Å². The Kier molecular flexibility index (Phi) is 3.72. The smallest absolute Gasteiger partial charge is 0.130 e. The second kappa shape index (κ2) is 5.45. The first-order valence-electron chi connectivity index (χ1n) is 5.46. The molecule has 2 aromatic carbocycles. The van der Waals surface area contributed by atoms with Crippen molar-refractivity contribution >= 4 is 12.2 Å². The second-order valence-corrected chi connectivity index (χ2v) is 3.77. The number of halogens is 2. The van der Waals surface area contributed by atoms with E-state index < -0.39 is 11.6 Å². The van der Waals surface area contributed by atoms with Gasteiger partial charge in [0.2, 0.25) is 0 Å². The molecule has 0 aliphatic heterocycles. The van der Waals surface area contributed by atoms with Gasteiger partial charge in [-0.25, -0.2) is 8.78 Å². The van der Waals surface area contributed by atoms with Gasteiger partial charge in [-0.15, -0.1) is 0 Å². The fraction of sp³-hybridized carbons (Fsp3) is 0.0667. The molecule has 92 valence electrons. The number of methoxy groups -OCH3 is 1. The summed E-state index contributed by atoms with van der Waals surface area (Å²) in [4.78, 5) is 0. The second-order valence-electron chi connectivity index (χ2n) is 3.77. The van der Waals surface area contributed by atoms with Crippen LogP contribution in [0.4, 0.5) is 8.78 Å². The van der Waals surface area contributed by atoms with Crippen molar-refractivity contribution in [3.8, 4) is 5.75 Å². The van der Waals surface area contributed by atoms with Gasteiger partial charge in [0.1, 0.15) is 17.4 Å². The molecule has 0 atom stereocenters. The first-order chi connectivity index (χ1) is 8.69. The van der Waals surface area contributed by atoms with E-state index in [0.717, 1.165) is 29.5 Å². The summed E-state index contributed by atoms with van der Waals surface area (Å²) in [5.41, 5.74) is 1.12. The average molecular weight is 246 g/mol. The largest absolute Gasteiger partial charge is 0.497 e. The van der Waals surface area contributed by atoms with Gasteiger partial charge in [-0.05, 0) is 35.9 Å². The van der Waals surface area contributed by atoms with E-state index in [0.29, 0.717) is 0 Å². The van der Waals surface area contributed by atoms with Gasteiger partial charge in [-0.2, -0.15) is 0 Å². The van der Waals surface area contributed by atoms with Gasteiger partial charge in [-0.3, -0.25) is 0 Å². The van der Waals surface area contributed by atoms with E-state index in [1.165, 1.54) is 0 Å². The lowest BCUT2D eigenvalue weighted by Crippen LogP contribution is -1.84. The number of ether oxygens (including phenoxy) is 1. The molecular formula is C15H12F2O. The molecule has 0 amide bonds. The summed E-state index contributed by atoms with van der Waals surface area (Å²) in [7, 11) is 1.59. The molecule has 0 radical (unpaired) electrons. The highest BCUT2D eigenvalue weighted by Gasteiger charge is 1.99. The Morgan fingerprint density at radius 2 is 1.67 bits per heavy atom. The molecule has 0 saturated heterocycles. The third kappa shape index (κ3) is 2.94. The molecule has 0 heterocycles. The normalized spacial score (nSPS) is 10.8. The molecule has 0 spiro atoms. The minimum atomic E-state index is -0.453. The number of rotatable bonds is 3. The lowest BCUT2D eigenvalue weighted by Gasteiger charge is -2.00. The van der Waals surface area contributed by atoms with Crippen molar-refractivity contribution in [1.82, 2.24) is 0 Å². The molecule has 0 saturated carbocycles. The Morgan fingerprint density at radius 1 is 0.944 bits per heavy atom. The summed E-state index contributed by atoms with van der Waals surface area (Å²) in [5.74, 6) is -0.143. The molecular weight excluding hydrogens is 234 g/mol. The quantitative estimate of drug-likeness (QED) is 0.739. The van der Waals surface area contributed by atoms with Gasteiger partial charge in [0.15, 0.2) is 0 Å². The van der Waals surface area contributed by atoms with E-state index in [4.69, 9.17) is 4.74 Å². The SMILES string of the molecule is COc1ccc(/C=C/c2cc(F)ccc2F)cc1. The molecule has 3 heteroatoms. The van der Waals surface area contributed by atoms with Crippen molar-refractivity contribution in [3.05, 3.63) is 65.2 Å². The zero-order chi connectivity index (χ0) is 13.0. The lowest BCUT2D eigenvalue weighted by molar-refractivity contribution is 0.415. The van der Waals surface area contributed by atoms with E-state index in [9.17, 15) is 8.78 Å². The van der Waals surface area contributed by atoms with Gasteiger partial charge < -0.3 is 4.74 Å². The maximum absolute atomic E-state index is 13.4. The van der Waals surface area contributed by atoms with Gasteiger partial charge in [-0.1, -0.05) is 24.3 Å². The van der Waals surface area contributed by atoms with Crippen LogP contribution in [0.3, 0.4) is 0 Å². The van der Waals surface area contributed by atoms with Crippen LogP contribution in [0.1, 0.15) is 11.1 Å². The molecule has 0 bridgehead atoms. The minimum Gasteiger partial charge on any atom is -0.497 e. The van der Waals surface area contributed by atoms with Crippen LogP contribution in [0, 0.1) is 11.6 Å². The van der Waals surface area contributed by atoms with Crippen LogP contribution in [0.5, 0.6) is 5.75 Å². The highest BCUT2D eigenvalue weighted by Crippen LogP contribution is 2.16. The van der Waals surface area contributed by atoms with E-state index in [-0.39, 0.29) is 5.56 Å². The van der Waals surface area contributed by atoms with Crippen molar-refractivity contribution in [2.45, 2.75) is 0 Å². The van der Waals surface area contributed by atoms with E-state index >= 15 is 0 Å². The van der Waals surface area contributed by atoms with Crippen molar-refractivity contribution < 1.29 is 13.5 Å². The Morgan fingerprint density at radius 3 is 2.33 bits per heavy atom. The van der Waals surface area contributed by atoms with Crippen molar-refractivity contribution in [2.24, 2.45) is 0 Å². The molecule has 0 aliphatic carbocycles. The number of hydrogen-bond acceptors (Lipinski definition) is 1. The molecule has 0 unspecified atom stereocenters. The summed E-state index contributed by atoms with van der Waals surface area (Å²) in [5, 5.41) is 0. The van der Waals surface area contributed by atoms with E-state index in [2.05, 4.69) is 0 Å². The van der Waals surface area contributed by atoms with Crippen LogP contribution < -0.4 is 4.74 Å². The van der Waals surface area contributed by atoms with Gasteiger partial charge in [0, 0.05) is 5.56 Å². The molecule has 0 aliphatic rings. The summed E-state index contributed by atoms with van der Waals surface area (Å²) in [6.45, 7) is 0. The molecule has 0 aromatic heterocycles. The van der Waals surface area contributed by atoms with Crippen LogP contribution in [-0.4, -0.2) is 7.11 Å². The Bertz CT molecular complexity index is 559. The Hall–Kier alpha value is -2.16. The highest BCUT2D eigenvalue weighted by atomic mass is 19.1. The van der Waals surface area contributed by atoms with Crippen molar-refractivity contribution in [2.75, 3.05) is 7.11 Å². The fourth-order valence-corrected chi connectivity index (χ4v) is 1.54. The molecule has 1 nitrogen and oxygen atoms in total. The zero-order valence-corrected chi connectivity index (χ0v) is 9.86. The van der Waals surface area contributed by atoms with E-state index in [1.54, 1.807) is 19.3 Å². The zero-order valence-electron chi connectivity index (χ0n) is 9.86. The first kappa shape index (κ1) is 12.3. The summed E-state index contributed by atoms with van der Waals surface area (Å²) in [6, 6.07) is 10.7.